The van der Waals surface area contributed by atoms with Gasteiger partial charge < -0.3 is 11.1 Å². The largest absolute Gasteiger partial charge is 0.354 e. The summed E-state index contributed by atoms with van der Waals surface area (Å²) in [4.78, 5) is 12.8. The van der Waals surface area contributed by atoms with E-state index in [2.05, 4.69) is 5.32 Å². The van der Waals surface area contributed by atoms with Gasteiger partial charge in [-0.2, -0.15) is 4.31 Å². The Morgan fingerprint density at radius 1 is 1.28 bits per heavy atom. The van der Waals surface area contributed by atoms with Crippen LogP contribution in [0.25, 0.3) is 0 Å². The van der Waals surface area contributed by atoms with Crippen molar-refractivity contribution in [1.29, 1.82) is 0 Å². The lowest BCUT2D eigenvalue weighted by atomic mass is 10.0. The molecule has 0 aromatic carbocycles. The molecule has 25 heavy (non-hydrogen) atoms. The standard InChI is InChI=1S/C16H29N3O3S2.ClH/c1-5-19(6-2)24(21,22)15-8-7-13(23-15)9-10-18-16(20)14(17)11-12(3)4;/h7-8,12,14H,5-6,9-11,17H2,1-4H3,(H,18,20);1H/t14-;/m0./s1. The predicted octanol–water partition coefficient (Wildman–Crippen LogP) is 2.23. The van der Waals surface area contributed by atoms with Gasteiger partial charge in [0.15, 0.2) is 0 Å². The van der Waals surface area contributed by atoms with Crippen molar-refractivity contribution in [3.05, 3.63) is 17.0 Å². The number of nitrogens with one attached hydrogen (secondary N) is 1. The highest BCUT2D eigenvalue weighted by atomic mass is 35.5. The predicted molar refractivity (Wildman–Crippen MR) is 106 cm³/mol. The van der Waals surface area contributed by atoms with Gasteiger partial charge in [0.1, 0.15) is 4.21 Å². The zero-order valence-electron chi connectivity index (χ0n) is 15.3. The van der Waals surface area contributed by atoms with Crippen molar-refractivity contribution < 1.29 is 13.2 Å². The molecule has 0 fully saturated rings. The fraction of sp³-hybridized carbons (Fsp3) is 0.688. The molecule has 3 N–H and O–H groups in total. The van der Waals surface area contributed by atoms with Gasteiger partial charge in [-0.3, -0.25) is 4.79 Å². The van der Waals surface area contributed by atoms with Gasteiger partial charge in [-0.15, -0.1) is 23.7 Å². The van der Waals surface area contributed by atoms with E-state index < -0.39 is 16.1 Å². The Labute approximate surface area is 161 Å². The average molecular weight is 412 g/mol. The monoisotopic (exact) mass is 411 g/mol. The van der Waals surface area contributed by atoms with E-state index >= 15 is 0 Å². The van der Waals surface area contributed by atoms with E-state index in [1.807, 2.05) is 27.7 Å². The Morgan fingerprint density at radius 2 is 1.88 bits per heavy atom. The van der Waals surface area contributed by atoms with Crippen LogP contribution in [-0.2, 0) is 21.2 Å². The van der Waals surface area contributed by atoms with Crippen LogP contribution in [0.1, 0.15) is 39.0 Å². The second-order valence-corrected chi connectivity index (χ2v) is 9.42. The Kier molecular flexibility index (Phi) is 10.8. The molecule has 1 rings (SSSR count). The van der Waals surface area contributed by atoms with Crippen LogP contribution in [0.15, 0.2) is 16.3 Å². The number of hydrogen-bond donors (Lipinski definition) is 2. The van der Waals surface area contributed by atoms with Gasteiger partial charge in [0.25, 0.3) is 10.0 Å². The molecule has 1 aromatic heterocycles. The fourth-order valence-electron chi connectivity index (χ4n) is 2.38. The molecular formula is C16H30ClN3O3S2. The average Bonchev–Trinajstić information content (AvgIpc) is 2.97. The van der Waals surface area contributed by atoms with Crippen LogP contribution in [0.2, 0.25) is 0 Å². The number of amides is 1. The first-order valence-corrected chi connectivity index (χ1v) is 10.6. The molecular weight excluding hydrogens is 382 g/mol. The minimum atomic E-state index is -3.40. The Hall–Kier alpha value is -0.670. The summed E-state index contributed by atoms with van der Waals surface area (Å²) in [6.45, 7) is 9.06. The minimum Gasteiger partial charge on any atom is -0.354 e. The Balaban J connectivity index is 0.00000576. The first-order chi connectivity index (χ1) is 11.2. The van der Waals surface area contributed by atoms with Crippen molar-refractivity contribution in [1.82, 2.24) is 9.62 Å². The molecule has 146 valence electrons. The van der Waals surface area contributed by atoms with Gasteiger partial charge in [0.2, 0.25) is 5.91 Å². The van der Waals surface area contributed by atoms with Crippen molar-refractivity contribution in [2.75, 3.05) is 19.6 Å². The summed E-state index contributed by atoms with van der Waals surface area (Å²) >= 11 is 1.26. The van der Waals surface area contributed by atoms with Crippen molar-refractivity contribution in [3.8, 4) is 0 Å². The number of nitrogens with zero attached hydrogens (tertiary/aromatic N) is 1. The number of nitrogens with two attached hydrogens (primary N) is 1. The van der Waals surface area contributed by atoms with Crippen LogP contribution in [0.4, 0.5) is 0 Å². The molecule has 1 atom stereocenters. The maximum atomic E-state index is 12.4. The van der Waals surface area contributed by atoms with E-state index in [0.717, 1.165) is 4.88 Å². The number of hydrogen-bond acceptors (Lipinski definition) is 5. The maximum absolute atomic E-state index is 12.4. The molecule has 0 aliphatic carbocycles. The van der Waals surface area contributed by atoms with Gasteiger partial charge >= 0.3 is 0 Å². The molecule has 6 nitrogen and oxygen atoms in total. The van der Waals surface area contributed by atoms with Crippen LogP contribution >= 0.6 is 23.7 Å². The lowest BCUT2D eigenvalue weighted by molar-refractivity contribution is -0.122. The van der Waals surface area contributed by atoms with E-state index in [4.69, 9.17) is 5.73 Å². The van der Waals surface area contributed by atoms with Gasteiger partial charge in [0, 0.05) is 24.5 Å². The van der Waals surface area contributed by atoms with Crippen molar-refractivity contribution in [3.63, 3.8) is 0 Å². The fourth-order valence-corrected chi connectivity index (χ4v) is 5.34. The Bertz CT molecular complexity index is 628. The SMILES string of the molecule is CCN(CC)S(=O)(=O)c1ccc(CCNC(=O)[C@@H](N)CC(C)C)s1.Cl. The van der Waals surface area contributed by atoms with E-state index in [-0.39, 0.29) is 18.3 Å². The molecule has 1 heterocycles. The molecule has 0 radical (unpaired) electrons. The quantitative estimate of drug-likeness (QED) is 0.617. The first-order valence-electron chi connectivity index (χ1n) is 8.34. The molecule has 0 saturated carbocycles. The zero-order chi connectivity index (χ0) is 18.3. The molecule has 1 amide bonds. The number of carbonyl (C=O) groups is 1. The highest BCUT2D eigenvalue weighted by Gasteiger charge is 2.23. The van der Waals surface area contributed by atoms with Crippen molar-refractivity contribution in [2.24, 2.45) is 11.7 Å². The second-order valence-electron chi connectivity index (χ2n) is 6.09. The summed E-state index contributed by atoms with van der Waals surface area (Å²) in [6.07, 6.45) is 1.25. The number of halogens is 1. The third-order valence-corrected chi connectivity index (χ3v) is 7.33. The van der Waals surface area contributed by atoms with Gasteiger partial charge in [0.05, 0.1) is 6.04 Å². The minimum absolute atomic E-state index is 0. The van der Waals surface area contributed by atoms with E-state index in [0.29, 0.717) is 42.6 Å². The zero-order valence-corrected chi connectivity index (χ0v) is 17.8. The summed E-state index contributed by atoms with van der Waals surface area (Å²) in [7, 11) is -3.40. The molecule has 9 heteroatoms. The number of rotatable bonds is 10. The van der Waals surface area contributed by atoms with E-state index in [1.54, 1.807) is 12.1 Å². The van der Waals surface area contributed by atoms with E-state index in [1.165, 1.54) is 15.6 Å². The number of carbonyl (C=O) groups excluding carboxylic acids is 1. The van der Waals surface area contributed by atoms with Crippen LogP contribution in [-0.4, -0.2) is 44.3 Å². The summed E-state index contributed by atoms with van der Waals surface area (Å²) in [5, 5.41) is 2.81. The lowest BCUT2D eigenvalue weighted by Crippen LogP contribution is -2.42. The molecule has 1 aromatic rings. The number of sulfonamides is 1. The van der Waals surface area contributed by atoms with Gasteiger partial charge in [-0.25, -0.2) is 8.42 Å². The third kappa shape index (κ3) is 7.22. The summed E-state index contributed by atoms with van der Waals surface area (Å²) in [5.41, 5.74) is 5.83. The van der Waals surface area contributed by atoms with Gasteiger partial charge in [-0.1, -0.05) is 27.7 Å². The molecule has 0 unspecified atom stereocenters. The van der Waals surface area contributed by atoms with Crippen molar-refractivity contribution >= 4 is 39.7 Å². The Morgan fingerprint density at radius 3 is 2.40 bits per heavy atom. The highest BCUT2D eigenvalue weighted by Crippen LogP contribution is 2.25. The normalized spacial score (nSPS) is 12.9. The first kappa shape index (κ1) is 24.3. The summed E-state index contributed by atoms with van der Waals surface area (Å²) in [6, 6.07) is 2.95. The number of thiophene rings is 1. The second kappa shape index (κ2) is 11.1. The molecule has 0 spiro atoms. The van der Waals surface area contributed by atoms with Crippen LogP contribution in [0, 0.1) is 5.92 Å². The summed E-state index contributed by atoms with van der Waals surface area (Å²) in [5.74, 6) is 0.215. The highest BCUT2D eigenvalue weighted by molar-refractivity contribution is 7.91. The van der Waals surface area contributed by atoms with Crippen molar-refractivity contribution in [2.45, 2.75) is 50.8 Å². The maximum Gasteiger partial charge on any atom is 0.252 e. The van der Waals surface area contributed by atoms with Gasteiger partial charge in [-0.05, 0) is 30.9 Å². The van der Waals surface area contributed by atoms with Crippen LogP contribution in [0.5, 0.6) is 0 Å². The molecule has 0 aliphatic rings. The lowest BCUT2D eigenvalue weighted by Gasteiger charge is -2.16. The smallest absolute Gasteiger partial charge is 0.252 e. The third-order valence-electron chi connectivity index (χ3n) is 3.67. The molecule has 0 saturated heterocycles. The summed E-state index contributed by atoms with van der Waals surface area (Å²) < 4.78 is 26.7. The molecule has 0 bridgehead atoms. The van der Waals surface area contributed by atoms with Crippen LogP contribution in [0.3, 0.4) is 0 Å². The topological polar surface area (TPSA) is 92.5 Å². The van der Waals surface area contributed by atoms with E-state index in [9.17, 15) is 13.2 Å². The molecule has 0 aliphatic heterocycles. The van der Waals surface area contributed by atoms with Crippen LogP contribution < -0.4 is 11.1 Å².